The number of amides is 2. The van der Waals surface area contributed by atoms with Gasteiger partial charge in [0, 0.05) is 20.7 Å². The van der Waals surface area contributed by atoms with Crippen LogP contribution in [0.1, 0.15) is 22.8 Å². The van der Waals surface area contributed by atoms with E-state index in [0.29, 0.717) is 25.1 Å². The Morgan fingerprint density at radius 1 is 1.38 bits per heavy atom. The van der Waals surface area contributed by atoms with Crippen LogP contribution in [-0.2, 0) is 11.2 Å². The summed E-state index contributed by atoms with van der Waals surface area (Å²) in [4.78, 5) is 24.6. The van der Waals surface area contributed by atoms with Gasteiger partial charge < -0.3 is 20.1 Å². The number of carboxylic acid groups (broad SMARTS) is 1. The average molecular weight is 294 g/mol. The van der Waals surface area contributed by atoms with Crippen molar-refractivity contribution in [1.82, 2.24) is 10.2 Å². The Balaban J connectivity index is 2.50. The van der Waals surface area contributed by atoms with E-state index in [1.807, 2.05) is 6.92 Å². The Labute approximate surface area is 124 Å². The first-order valence-electron chi connectivity index (χ1n) is 6.78. The van der Waals surface area contributed by atoms with Crippen LogP contribution in [0.25, 0.3) is 0 Å². The summed E-state index contributed by atoms with van der Waals surface area (Å²) in [5, 5.41) is 11.9. The molecule has 6 nitrogen and oxygen atoms in total. The molecular weight excluding hydrogens is 272 g/mol. The zero-order chi connectivity index (χ0) is 15.8. The zero-order valence-electron chi connectivity index (χ0n) is 12.6. The fourth-order valence-corrected chi connectivity index (χ4v) is 1.93. The van der Waals surface area contributed by atoms with Gasteiger partial charge in [-0.2, -0.15) is 0 Å². The average Bonchev–Trinajstić information content (AvgIpc) is 2.46. The second kappa shape index (κ2) is 8.26. The van der Waals surface area contributed by atoms with E-state index in [4.69, 9.17) is 9.84 Å². The van der Waals surface area contributed by atoms with Gasteiger partial charge in [0.05, 0.1) is 18.2 Å². The van der Waals surface area contributed by atoms with Crippen LogP contribution >= 0.6 is 0 Å². The summed E-state index contributed by atoms with van der Waals surface area (Å²) < 4.78 is 5.00. The molecule has 1 atom stereocenters. The highest BCUT2D eigenvalue weighted by atomic mass is 16.5. The number of hydrogen-bond donors (Lipinski definition) is 2. The molecule has 0 saturated carbocycles. The van der Waals surface area contributed by atoms with Gasteiger partial charge >= 0.3 is 12.0 Å². The number of benzene rings is 1. The maximum atomic E-state index is 11.9. The van der Waals surface area contributed by atoms with Crippen molar-refractivity contribution in [3.8, 4) is 0 Å². The summed E-state index contributed by atoms with van der Waals surface area (Å²) in [6.45, 7) is 2.74. The highest BCUT2D eigenvalue weighted by Crippen LogP contribution is 2.09. The lowest BCUT2D eigenvalue weighted by molar-refractivity contribution is 0.0695. The Morgan fingerprint density at radius 2 is 2.05 bits per heavy atom. The van der Waals surface area contributed by atoms with Gasteiger partial charge in [-0.3, -0.25) is 0 Å². The lowest BCUT2D eigenvalue weighted by Gasteiger charge is -2.24. The number of carboxylic acids is 1. The molecule has 1 aromatic rings. The molecule has 0 aromatic heterocycles. The van der Waals surface area contributed by atoms with Crippen molar-refractivity contribution in [2.45, 2.75) is 19.4 Å². The molecule has 21 heavy (non-hydrogen) atoms. The molecule has 2 amide bonds. The van der Waals surface area contributed by atoms with Crippen LogP contribution in [0.2, 0.25) is 0 Å². The number of carbonyl (C=O) groups is 2. The van der Waals surface area contributed by atoms with Gasteiger partial charge in [0.15, 0.2) is 0 Å². The molecule has 0 fully saturated rings. The first-order chi connectivity index (χ1) is 9.97. The number of nitrogens with one attached hydrogen (secondary N) is 1. The minimum atomic E-state index is -0.956. The standard InChI is InChI=1S/C15H22N2O4/c1-11(10-21-3)17(2)15(20)16-9-8-12-6-4-5-7-13(12)14(18)19/h4-7,11H,8-10H2,1-3H3,(H,16,20)(H,18,19). The molecule has 0 saturated heterocycles. The molecule has 0 aliphatic rings. The molecule has 1 aromatic carbocycles. The van der Waals surface area contributed by atoms with Crippen LogP contribution in [-0.4, -0.2) is 55.4 Å². The summed E-state index contributed by atoms with van der Waals surface area (Å²) >= 11 is 0. The second-order valence-electron chi connectivity index (χ2n) is 4.86. The van der Waals surface area contributed by atoms with Gasteiger partial charge in [-0.05, 0) is 25.0 Å². The van der Waals surface area contributed by atoms with Crippen LogP contribution in [0.15, 0.2) is 24.3 Å². The van der Waals surface area contributed by atoms with Gasteiger partial charge in [0.1, 0.15) is 0 Å². The number of ether oxygens (including phenoxy) is 1. The van der Waals surface area contributed by atoms with Crippen LogP contribution in [0.4, 0.5) is 4.79 Å². The monoisotopic (exact) mass is 294 g/mol. The number of likely N-dealkylation sites (N-methyl/N-ethyl adjacent to an activating group) is 1. The number of urea groups is 1. The maximum Gasteiger partial charge on any atom is 0.335 e. The molecule has 0 heterocycles. The first-order valence-corrected chi connectivity index (χ1v) is 6.78. The predicted molar refractivity (Wildman–Crippen MR) is 79.6 cm³/mol. The third kappa shape index (κ3) is 5.07. The number of carbonyl (C=O) groups excluding carboxylic acids is 1. The van der Waals surface area contributed by atoms with Crippen LogP contribution < -0.4 is 5.32 Å². The summed E-state index contributed by atoms with van der Waals surface area (Å²) in [5.41, 5.74) is 0.978. The van der Waals surface area contributed by atoms with Gasteiger partial charge in [0.2, 0.25) is 0 Å². The van der Waals surface area contributed by atoms with E-state index >= 15 is 0 Å². The Morgan fingerprint density at radius 3 is 2.67 bits per heavy atom. The van der Waals surface area contributed by atoms with E-state index in [1.165, 1.54) is 0 Å². The number of nitrogens with zero attached hydrogens (tertiary/aromatic N) is 1. The van der Waals surface area contributed by atoms with Gasteiger partial charge in [-0.15, -0.1) is 0 Å². The second-order valence-corrected chi connectivity index (χ2v) is 4.86. The Kier molecular flexibility index (Phi) is 6.68. The topological polar surface area (TPSA) is 78.9 Å². The summed E-state index contributed by atoms with van der Waals surface area (Å²) in [7, 11) is 3.29. The number of hydrogen-bond acceptors (Lipinski definition) is 3. The van der Waals surface area contributed by atoms with Crippen LogP contribution in [0.5, 0.6) is 0 Å². The summed E-state index contributed by atoms with van der Waals surface area (Å²) in [6, 6.07) is 6.56. The Bertz CT molecular complexity index is 490. The summed E-state index contributed by atoms with van der Waals surface area (Å²) in [5.74, 6) is -0.956. The summed E-state index contributed by atoms with van der Waals surface area (Å²) in [6.07, 6.45) is 0.473. The fourth-order valence-electron chi connectivity index (χ4n) is 1.93. The highest BCUT2D eigenvalue weighted by Gasteiger charge is 2.15. The third-order valence-corrected chi connectivity index (χ3v) is 3.31. The van der Waals surface area contributed by atoms with E-state index in [9.17, 15) is 9.59 Å². The lowest BCUT2D eigenvalue weighted by atomic mass is 10.0. The van der Waals surface area contributed by atoms with Crippen LogP contribution in [0.3, 0.4) is 0 Å². The van der Waals surface area contributed by atoms with E-state index in [1.54, 1.807) is 43.3 Å². The van der Waals surface area contributed by atoms with Crippen molar-refractivity contribution in [2.24, 2.45) is 0 Å². The van der Waals surface area contributed by atoms with Crippen molar-refractivity contribution < 1.29 is 19.4 Å². The molecule has 1 unspecified atom stereocenters. The maximum absolute atomic E-state index is 11.9. The normalized spacial score (nSPS) is 11.8. The van der Waals surface area contributed by atoms with E-state index in [0.717, 1.165) is 0 Å². The van der Waals surface area contributed by atoms with E-state index < -0.39 is 5.97 Å². The van der Waals surface area contributed by atoms with E-state index in [-0.39, 0.29) is 17.6 Å². The predicted octanol–water partition coefficient (Wildman–Crippen LogP) is 1.60. The van der Waals surface area contributed by atoms with Crippen molar-refractivity contribution >= 4 is 12.0 Å². The highest BCUT2D eigenvalue weighted by molar-refractivity contribution is 5.89. The molecule has 2 N–H and O–H groups in total. The minimum Gasteiger partial charge on any atom is -0.478 e. The third-order valence-electron chi connectivity index (χ3n) is 3.31. The fraction of sp³-hybridized carbons (Fsp3) is 0.467. The molecule has 0 bridgehead atoms. The zero-order valence-corrected chi connectivity index (χ0v) is 12.6. The molecule has 0 aliphatic carbocycles. The molecule has 1 rings (SSSR count). The van der Waals surface area contributed by atoms with Gasteiger partial charge in [-0.1, -0.05) is 18.2 Å². The SMILES string of the molecule is COCC(C)N(C)C(=O)NCCc1ccccc1C(=O)O. The van der Waals surface area contributed by atoms with Crippen LogP contribution in [0, 0.1) is 0 Å². The molecule has 0 radical (unpaired) electrons. The largest absolute Gasteiger partial charge is 0.478 e. The molecule has 6 heteroatoms. The molecule has 0 spiro atoms. The lowest BCUT2D eigenvalue weighted by Crippen LogP contribution is -2.44. The number of methoxy groups -OCH3 is 1. The van der Waals surface area contributed by atoms with E-state index in [2.05, 4.69) is 5.32 Å². The smallest absolute Gasteiger partial charge is 0.335 e. The van der Waals surface area contributed by atoms with Gasteiger partial charge in [0.25, 0.3) is 0 Å². The van der Waals surface area contributed by atoms with Crippen molar-refractivity contribution in [3.05, 3.63) is 35.4 Å². The minimum absolute atomic E-state index is 0.0266. The number of aromatic carboxylic acids is 1. The van der Waals surface area contributed by atoms with Crippen molar-refractivity contribution in [3.63, 3.8) is 0 Å². The first kappa shape index (κ1) is 17.0. The molecular formula is C15H22N2O4. The van der Waals surface area contributed by atoms with Gasteiger partial charge in [-0.25, -0.2) is 9.59 Å². The van der Waals surface area contributed by atoms with Crippen molar-refractivity contribution in [2.75, 3.05) is 27.3 Å². The quantitative estimate of drug-likeness (QED) is 0.800. The Hall–Kier alpha value is -2.08. The molecule has 0 aliphatic heterocycles. The van der Waals surface area contributed by atoms with Crippen molar-refractivity contribution in [1.29, 1.82) is 0 Å². The molecule has 116 valence electrons. The number of rotatable bonds is 7.